The van der Waals surface area contributed by atoms with E-state index in [4.69, 9.17) is 9.47 Å². The first-order valence-electron chi connectivity index (χ1n) is 11.0. The van der Waals surface area contributed by atoms with Crippen LogP contribution in [0.25, 0.3) is 10.9 Å². The Morgan fingerprint density at radius 3 is 2.66 bits per heavy atom. The van der Waals surface area contributed by atoms with Gasteiger partial charge in [0.1, 0.15) is 0 Å². The fourth-order valence-corrected chi connectivity index (χ4v) is 3.77. The third-order valence-corrected chi connectivity index (χ3v) is 5.48. The second kappa shape index (κ2) is 10.5. The Hall–Kier alpha value is -4.05. The molecule has 2 aromatic heterocycles. The highest BCUT2D eigenvalue weighted by molar-refractivity contribution is 5.98. The summed E-state index contributed by atoms with van der Waals surface area (Å²) in [6.45, 7) is 2.47. The molecule has 2 aromatic carbocycles. The van der Waals surface area contributed by atoms with Gasteiger partial charge in [-0.3, -0.25) is 9.48 Å². The van der Waals surface area contributed by atoms with Crippen LogP contribution in [0.1, 0.15) is 34.5 Å². The Bertz CT molecular complexity index is 1340. The number of amides is 1. The number of rotatable bonds is 9. The van der Waals surface area contributed by atoms with Gasteiger partial charge in [-0.05, 0) is 36.8 Å². The van der Waals surface area contributed by atoms with Crippen molar-refractivity contribution in [2.75, 3.05) is 26.1 Å². The molecule has 0 aliphatic carbocycles. The molecule has 2 atom stereocenters. The summed E-state index contributed by atoms with van der Waals surface area (Å²) in [5.41, 5.74) is 2.31. The maximum Gasteiger partial charge on any atom is 0.252 e. The topological polar surface area (TPSA) is 103 Å². The van der Waals surface area contributed by atoms with Gasteiger partial charge in [-0.1, -0.05) is 12.1 Å². The summed E-state index contributed by atoms with van der Waals surface area (Å²) in [5, 5.41) is 11.2. The average Bonchev–Trinajstić information content (AvgIpc) is 3.27. The Kier molecular flexibility index (Phi) is 7.21. The van der Waals surface area contributed by atoms with E-state index < -0.39 is 11.9 Å². The summed E-state index contributed by atoms with van der Waals surface area (Å²) < 4.78 is 26.2. The molecule has 0 radical (unpaired) electrons. The molecule has 0 saturated carbocycles. The van der Waals surface area contributed by atoms with Crippen LogP contribution in [0.2, 0.25) is 0 Å². The average molecular weight is 479 g/mol. The van der Waals surface area contributed by atoms with Gasteiger partial charge in [0.25, 0.3) is 5.91 Å². The first kappa shape index (κ1) is 24.1. The predicted molar refractivity (Wildman–Crippen MR) is 130 cm³/mol. The summed E-state index contributed by atoms with van der Waals surface area (Å²) in [6, 6.07) is 9.20. The number of aryl methyl sites for hydroxylation is 1. The van der Waals surface area contributed by atoms with Gasteiger partial charge in [0.15, 0.2) is 11.6 Å². The third kappa shape index (κ3) is 5.55. The minimum absolute atomic E-state index is 0.0223. The highest BCUT2D eigenvalue weighted by Crippen LogP contribution is 2.27. The minimum Gasteiger partial charge on any atom is -0.494 e. The van der Waals surface area contributed by atoms with Gasteiger partial charge < -0.3 is 20.1 Å². The summed E-state index contributed by atoms with van der Waals surface area (Å²) in [7, 11) is 4.81. The van der Waals surface area contributed by atoms with Crippen LogP contribution in [0, 0.1) is 5.82 Å². The van der Waals surface area contributed by atoms with Gasteiger partial charge in [0, 0.05) is 49.1 Å². The van der Waals surface area contributed by atoms with Gasteiger partial charge in [0.2, 0.25) is 5.95 Å². The molecule has 2 N–H and O–H groups in total. The van der Waals surface area contributed by atoms with E-state index in [1.165, 1.54) is 19.2 Å². The number of hydrogen-bond acceptors (Lipinski definition) is 7. The fourth-order valence-electron chi connectivity index (χ4n) is 3.77. The second-order valence-corrected chi connectivity index (χ2v) is 8.22. The van der Waals surface area contributed by atoms with Crippen LogP contribution in [-0.2, 0) is 11.8 Å². The molecular formula is C25H27FN6O3. The van der Waals surface area contributed by atoms with Crippen molar-refractivity contribution >= 4 is 22.8 Å². The van der Waals surface area contributed by atoms with Crippen LogP contribution in [0.15, 0.2) is 55.0 Å². The van der Waals surface area contributed by atoms with Crippen LogP contribution in [-0.4, -0.2) is 52.5 Å². The summed E-state index contributed by atoms with van der Waals surface area (Å²) >= 11 is 0. The number of aromatic nitrogens is 4. The maximum absolute atomic E-state index is 14.5. The lowest BCUT2D eigenvalue weighted by atomic mass is 10.0. The summed E-state index contributed by atoms with van der Waals surface area (Å²) in [5.74, 6) is -0.277. The van der Waals surface area contributed by atoms with E-state index in [0.717, 1.165) is 5.39 Å². The van der Waals surface area contributed by atoms with E-state index >= 15 is 0 Å². The van der Waals surface area contributed by atoms with Crippen molar-refractivity contribution in [3.05, 3.63) is 77.5 Å². The molecule has 2 heterocycles. The molecule has 182 valence electrons. The number of hydrogen-bond donors (Lipinski definition) is 2. The highest BCUT2D eigenvalue weighted by Gasteiger charge is 2.21. The van der Waals surface area contributed by atoms with Crippen LogP contribution >= 0.6 is 0 Å². The number of ether oxygens (including phenoxy) is 2. The Morgan fingerprint density at radius 2 is 1.97 bits per heavy atom. The van der Waals surface area contributed by atoms with E-state index in [1.807, 2.05) is 6.92 Å². The number of benzene rings is 2. The van der Waals surface area contributed by atoms with E-state index in [0.29, 0.717) is 34.8 Å². The van der Waals surface area contributed by atoms with Crippen molar-refractivity contribution in [2.24, 2.45) is 7.05 Å². The number of fused-ring (bicyclic) bond motifs is 1. The van der Waals surface area contributed by atoms with Crippen molar-refractivity contribution in [2.45, 2.75) is 19.0 Å². The van der Waals surface area contributed by atoms with Crippen molar-refractivity contribution in [3.8, 4) is 5.75 Å². The lowest BCUT2D eigenvalue weighted by Crippen LogP contribution is -2.29. The zero-order valence-corrected chi connectivity index (χ0v) is 19.9. The lowest BCUT2D eigenvalue weighted by Gasteiger charge is -2.19. The van der Waals surface area contributed by atoms with Crippen LogP contribution in [0.3, 0.4) is 0 Å². The Balaban J connectivity index is 1.62. The highest BCUT2D eigenvalue weighted by atomic mass is 19.1. The van der Waals surface area contributed by atoms with Gasteiger partial charge in [-0.15, -0.1) is 0 Å². The molecule has 0 aliphatic rings. The molecule has 4 rings (SSSR count). The molecule has 4 aromatic rings. The van der Waals surface area contributed by atoms with Crippen molar-refractivity contribution < 1.29 is 18.7 Å². The molecule has 9 nitrogen and oxygen atoms in total. The molecule has 0 aliphatic heterocycles. The van der Waals surface area contributed by atoms with E-state index in [-0.39, 0.29) is 17.7 Å². The minimum atomic E-state index is -0.621. The molecule has 35 heavy (non-hydrogen) atoms. The number of anilines is 1. The molecule has 2 unspecified atom stereocenters. The Morgan fingerprint density at radius 1 is 1.14 bits per heavy atom. The van der Waals surface area contributed by atoms with Crippen LogP contribution < -0.4 is 15.4 Å². The first-order chi connectivity index (χ1) is 16.9. The smallest absolute Gasteiger partial charge is 0.252 e. The number of methoxy groups -OCH3 is 2. The fraction of sp³-hybridized carbons (Fsp3) is 0.280. The Labute approximate surface area is 202 Å². The monoisotopic (exact) mass is 478 g/mol. The van der Waals surface area contributed by atoms with Gasteiger partial charge >= 0.3 is 0 Å². The van der Waals surface area contributed by atoms with Crippen molar-refractivity contribution in [1.29, 1.82) is 0 Å². The molecule has 1 amide bonds. The SMILES string of the molecule is COCC(C)Nc1ncc2ccc(C(=O)NC(c3ccc(OC)c(F)c3)c3cnn(C)c3)cc2n1. The zero-order chi connectivity index (χ0) is 24.9. The second-order valence-electron chi connectivity index (χ2n) is 8.22. The number of halogens is 1. The molecule has 0 bridgehead atoms. The maximum atomic E-state index is 14.5. The van der Waals surface area contributed by atoms with Crippen molar-refractivity contribution in [1.82, 2.24) is 25.1 Å². The number of nitrogens with zero attached hydrogens (tertiary/aromatic N) is 4. The van der Waals surface area contributed by atoms with Gasteiger partial charge in [-0.25, -0.2) is 14.4 Å². The zero-order valence-electron chi connectivity index (χ0n) is 19.9. The van der Waals surface area contributed by atoms with Gasteiger partial charge in [-0.2, -0.15) is 5.10 Å². The predicted octanol–water partition coefficient (Wildman–Crippen LogP) is 3.48. The quantitative estimate of drug-likeness (QED) is 0.380. The molecule has 0 spiro atoms. The van der Waals surface area contributed by atoms with Crippen LogP contribution in [0.5, 0.6) is 5.75 Å². The third-order valence-electron chi connectivity index (χ3n) is 5.48. The summed E-state index contributed by atoms with van der Waals surface area (Å²) in [4.78, 5) is 22.1. The molecule has 10 heteroatoms. The summed E-state index contributed by atoms with van der Waals surface area (Å²) in [6.07, 6.45) is 5.12. The normalized spacial score (nSPS) is 12.8. The van der Waals surface area contributed by atoms with Crippen molar-refractivity contribution in [3.63, 3.8) is 0 Å². The molecule has 0 saturated heterocycles. The van der Waals surface area contributed by atoms with E-state index in [9.17, 15) is 9.18 Å². The standard InChI is InChI=1S/C25H27FN6O3/c1-15(14-34-3)29-25-27-11-18-6-5-17(10-21(18)30-25)24(33)31-23(19-12-28-32(2)13-19)16-7-8-22(35-4)20(26)9-16/h5-13,15,23H,14H2,1-4H3,(H,31,33)(H,27,29,30). The molecule has 0 fully saturated rings. The van der Waals surface area contributed by atoms with Gasteiger partial charge in [0.05, 0.1) is 31.5 Å². The lowest BCUT2D eigenvalue weighted by molar-refractivity contribution is 0.0943. The van der Waals surface area contributed by atoms with Crippen LogP contribution in [0.4, 0.5) is 10.3 Å². The number of carbonyl (C=O) groups excluding carboxylic acids is 1. The van der Waals surface area contributed by atoms with E-state index in [1.54, 1.807) is 61.7 Å². The number of carbonyl (C=O) groups is 1. The molecular weight excluding hydrogens is 451 g/mol. The first-order valence-corrected chi connectivity index (χ1v) is 11.0. The van der Waals surface area contributed by atoms with E-state index in [2.05, 4.69) is 25.7 Å². The largest absolute Gasteiger partial charge is 0.494 e. The number of nitrogens with one attached hydrogen (secondary N) is 2.